The van der Waals surface area contributed by atoms with Crippen molar-refractivity contribution in [2.75, 3.05) is 24.6 Å². The van der Waals surface area contributed by atoms with Crippen LogP contribution >= 0.6 is 0 Å². The van der Waals surface area contributed by atoms with Crippen LogP contribution in [0.4, 0.5) is 11.8 Å². The highest BCUT2D eigenvalue weighted by atomic mass is 16.2. The maximum Gasteiger partial charge on any atom is 0.225 e. The molecule has 1 saturated heterocycles. The van der Waals surface area contributed by atoms with Crippen molar-refractivity contribution in [2.24, 2.45) is 5.92 Å². The van der Waals surface area contributed by atoms with Crippen LogP contribution < -0.4 is 21.7 Å². The van der Waals surface area contributed by atoms with Crippen molar-refractivity contribution in [3.63, 3.8) is 0 Å². The van der Waals surface area contributed by atoms with Gasteiger partial charge in [-0.15, -0.1) is 0 Å². The molecule has 2 fully saturated rings. The summed E-state index contributed by atoms with van der Waals surface area (Å²) in [6.45, 7) is 2.90. The number of nitrogens with two attached hydrogens (primary N) is 1. The van der Waals surface area contributed by atoms with Gasteiger partial charge in [0.15, 0.2) is 5.82 Å². The number of hydrogen-bond donors (Lipinski definition) is 5. The number of benzene rings is 1. The van der Waals surface area contributed by atoms with Crippen molar-refractivity contribution < 1.29 is 4.79 Å². The van der Waals surface area contributed by atoms with Crippen LogP contribution in [0.5, 0.6) is 0 Å². The summed E-state index contributed by atoms with van der Waals surface area (Å²) >= 11 is 0. The molecule has 1 aliphatic heterocycles. The Labute approximate surface area is 199 Å². The number of rotatable bonds is 5. The number of hydrogen-bond acceptors (Lipinski definition) is 7. The van der Waals surface area contributed by atoms with E-state index in [1.54, 1.807) is 0 Å². The number of aromatic nitrogens is 4. The third kappa shape index (κ3) is 4.32. The van der Waals surface area contributed by atoms with Crippen molar-refractivity contribution in [2.45, 2.75) is 63.5 Å². The second-order valence-electron chi connectivity index (χ2n) is 9.80. The van der Waals surface area contributed by atoms with Gasteiger partial charge in [-0.1, -0.05) is 25.3 Å². The van der Waals surface area contributed by atoms with Gasteiger partial charge in [-0.2, -0.15) is 5.10 Å². The molecule has 9 nitrogen and oxygen atoms in total. The van der Waals surface area contributed by atoms with Gasteiger partial charge in [0.1, 0.15) is 0 Å². The Morgan fingerprint density at radius 3 is 2.71 bits per heavy atom. The van der Waals surface area contributed by atoms with Crippen LogP contribution in [0.25, 0.3) is 22.2 Å². The molecule has 1 aliphatic carbocycles. The van der Waals surface area contributed by atoms with Gasteiger partial charge in [0.25, 0.3) is 0 Å². The van der Waals surface area contributed by atoms with E-state index in [1.807, 2.05) is 31.3 Å². The molecule has 3 heterocycles. The number of nitrogens with zero attached hydrogens (tertiary/aromatic N) is 3. The Kier molecular flexibility index (Phi) is 6.12. The van der Waals surface area contributed by atoms with E-state index in [2.05, 4.69) is 33.1 Å². The van der Waals surface area contributed by atoms with Crippen LogP contribution in [-0.2, 0) is 10.3 Å². The monoisotopic (exact) mass is 462 g/mol. The first-order valence-electron chi connectivity index (χ1n) is 12.3. The van der Waals surface area contributed by atoms with Crippen LogP contribution in [0.15, 0.2) is 24.3 Å². The van der Waals surface area contributed by atoms with E-state index in [0.717, 1.165) is 72.9 Å². The lowest BCUT2D eigenvalue weighted by Crippen LogP contribution is -2.52. The van der Waals surface area contributed by atoms with Crippen LogP contribution in [-0.4, -0.2) is 45.7 Å². The first-order valence-corrected chi connectivity index (χ1v) is 12.3. The van der Waals surface area contributed by atoms with E-state index in [1.165, 1.54) is 6.42 Å². The van der Waals surface area contributed by atoms with Gasteiger partial charge in [0, 0.05) is 30.6 Å². The summed E-state index contributed by atoms with van der Waals surface area (Å²) in [6, 6.07) is 8.47. The van der Waals surface area contributed by atoms with E-state index in [-0.39, 0.29) is 11.8 Å². The Bertz CT molecular complexity index is 1170. The van der Waals surface area contributed by atoms with Crippen molar-refractivity contribution >= 4 is 28.6 Å². The number of nitrogens with one attached hydrogen (secondary N) is 4. The SMILES string of the molecule is CNc1nc(-c2ccc3c(N)n[nH]c3c2)cc(C2(NC(=O)[C@H]3CC[C@@H](C)NC3)CCCCC2)n1. The fraction of sp³-hybridized carbons (Fsp3) is 0.520. The number of piperidine rings is 1. The van der Waals surface area contributed by atoms with Crippen LogP contribution in [0.1, 0.15) is 57.6 Å². The van der Waals surface area contributed by atoms with E-state index in [0.29, 0.717) is 17.8 Å². The third-order valence-corrected chi connectivity index (χ3v) is 7.43. The molecule has 0 spiro atoms. The highest BCUT2D eigenvalue weighted by Crippen LogP contribution is 2.38. The summed E-state index contributed by atoms with van der Waals surface area (Å²) in [7, 11) is 1.82. The number of carbonyl (C=O) groups excluding carboxylic acids is 1. The fourth-order valence-corrected chi connectivity index (χ4v) is 5.31. The number of H-pyrrole nitrogens is 1. The zero-order chi connectivity index (χ0) is 23.7. The lowest BCUT2D eigenvalue weighted by molar-refractivity contribution is -0.128. The van der Waals surface area contributed by atoms with Gasteiger partial charge >= 0.3 is 0 Å². The standard InChI is InChI=1S/C25H34N8O/c1-15-6-7-17(14-28-15)23(34)31-25(10-4-3-5-11-25)21-13-19(29-24(27-2)30-21)16-8-9-18-20(12-16)32-33-22(18)26/h8-9,12-13,15,17,28H,3-7,10-11,14H2,1-2H3,(H,31,34)(H3,26,32,33)(H,27,29,30)/t15-,17+/m1/s1. The number of anilines is 2. The van der Waals surface area contributed by atoms with Crippen LogP contribution in [0, 0.1) is 5.92 Å². The predicted octanol–water partition coefficient (Wildman–Crippen LogP) is 3.31. The molecule has 3 aromatic rings. The van der Waals surface area contributed by atoms with Gasteiger partial charge in [-0.05, 0) is 50.8 Å². The normalized spacial score (nSPS) is 22.4. The lowest BCUT2D eigenvalue weighted by Gasteiger charge is -2.39. The van der Waals surface area contributed by atoms with E-state index in [4.69, 9.17) is 15.7 Å². The molecule has 180 valence electrons. The molecular weight excluding hydrogens is 428 g/mol. The average molecular weight is 463 g/mol. The predicted molar refractivity (Wildman–Crippen MR) is 134 cm³/mol. The number of carbonyl (C=O) groups is 1. The summed E-state index contributed by atoms with van der Waals surface area (Å²) in [6.07, 6.45) is 7.00. The van der Waals surface area contributed by atoms with Gasteiger partial charge in [-0.3, -0.25) is 9.89 Å². The maximum atomic E-state index is 13.4. The quantitative estimate of drug-likeness (QED) is 0.393. The van der Waals surface area contributed by atoms with Gasteiger partial charge in [0.05, 0.1) is 28.4 Å². The topological polar surface area (TPSA) is 134 Å². The molecular formula is C25H34N8O. The van der Waals surface area contributed by atoms with Gasteiger partial charge in [0.2, 0.25) is 11.9 Å². The molecule has 6 N–H and O–H groups in total. The lowest BCUT2D eigenvalue weighted by atomic mass is 9.78. The number of nitrogen functional groups attached to an aromatic ring is 1. The zero-order valence-corrected chi connectivity index (χ0v) is 19.9. The highest BCUT2D eigenvalue weighted by molar-refractivity contribution is 5.91. The average Bonchev–Trinajstić information content (AvgIpc) is 3.24. The van der Waals surface area contributed by atoms with Gasteiger partial charge < -0.3 is 21.7 Å². The number of aromatic amines is 1. The number of fused-ring (bicyclic) bond motifs is 1. The zero-order valence-electron chi connectivity index (χ0n) is 19.9. The number of amides is 1. The largest absolute Gasteiger partial charge is 0.382 e. The molecule has 2 atom stereocenters. The minimum Gasteiger partial charge on any atom is -0.382 e. The summed E-state index contributed by atoms with van der Waals surface area (Å²) in [5.74, 6) is 1.15. The minimum atomic E-state index is -0.482. The Hall–Kier alpha value is -3.20. The molecule has 1 amide bonds. The van der Waals surface area contributed by atoms with Crippen LogP contribution in [0.2, 0.25) is 0 Å². The summed E-state index contributed by atoms with van der Waals surface area (Å²) in [5.41, 5.74) is 8.94. The maximum absolute atomic E-state index is 13.4. The second-order valence-corrected chi connectivity index (χ2v) is 9.80. The van der Waals surface area contributed by atoms with Crippen molar-refractivity contribution in [3.05, 3.63) is 30.0 Å². The molecule has 0 bridgehead atoms. The fourth-order valence-electron chi connectivity index (χ4n) is 5.31. The van der Waals surface area contributed by atoms with Crippen LogP contribution in [0.3, 0.4) is 0 Å². The van der Waals surface area contributed by atoms with E-state index >= 15 is 0 Å². The Balaban J connectivity index is 1.51. The smallest absolute Gasteiger partial charge is 0.225 e. The first kappa shape index (κ1) is 22.6. The Morgan fingerprint density at radius 1 is 1.15 bits per heavy atom. The molecule has 0 unspecified atom stereocenters. The third-order valence-electron chi connectivity index (χ3n) is 7.43. The second kappa shape index (κ2) is 9.21. The molecule has 34 heavy (non-hydrogen) atoms. The van der Waals surface area contributed by atoms with E-state index < -0.39 is 5.54 Å². The first-order chi connectivity index (χ1) is 16.5. The van der Waals surface area contributed by atoms with Crippen molar-refractivity contribution in [3.8, 4) is 11.3 Å². The van der Waals surface area contributed by atoms with Gasteiger partial charge in [-0.25, -0.2) is 9.97 Å². The minimum absolute atomic E-state index is 0.00618. The summed E-state index contributed by atoms with van der Waals surface area (Å²) in [5, 5.41) is 18.0. The van der Waals surface area contributed by atoms with E-state index in [9.17, 15) is 4.79 Å². The molecule has 1 saturated carbocycles. The summed E-state index contributed by atoms with van der Waals surface area (Å²) < 4.78 is 0. The van der Waals surface area contributed by atoms with Crippen molar-refractivity contribution in [1.29, 1.82) is 0 Å². The molecule has 5 rings (SSSR count). The molecule has 2 aliphatic rings. The Morgan fingerprint density at radius 2 is 1.97 bits per heavy atom. The molecule has 2 aromatic heterocycles. The van der Waals surface area contributed by atoms with Crippen molar-refractivity contribution in [1.82, 2.24) is 30.8 Å². The highest BCUT2D eigenvalue weighted by Gasteiger charge is 2.39. The molecule has 0 radical (unpaired) electrons. The molecule has 9 heteroatoms. The summed E-state index contributed by atoms with van der Waals surface area (Å²) in [4.78, 5) is 23.0. The molecule has 1 aromatic carbocycles.